The summed E-state index contributed by atoms with van der Waals surface area (Å²) >= 11 is 13.6. The molecule has 0 saturated heterocycles. The zero-order valence-electron chi connectivity index (χ0n) is 13.7. The SMILES string of the molecule is Clc1nsc([C@H](Cn2ccnc2)OCc2cccc3ccccc23)c1Cl. The molecule has 2 aromatic carbocycles. The Labute approximate surface area is 165 Å². The van der Waals surface area contributed by atoms with Gasteiger partial charge in [0.25, 0.3) is 0 Å². The molecule has 0 bridgehead atoms. The average Bonchev–Trinajstić information content (AvgIpc) is 3.29. The lowest BCUT2D eigenvalue weighted by atomic mass is 10.1. The second-order valence-corrected chi connectivity index (χ2v) is 7.39. The van der Waals surface area contributed by atoms with Gasteiger partial charge in [-0.25, -0.2) is 4.98 Å². The van der Waals surface area contributed by atoms with Crippen molar-refractivity contribution >= 4 is 45.5 Å². The van der Waals surface area contributed by atoms with E-state index in [4.69, 9.17) is 27.9 Å². The van der Waals surface area contributed by atoms with Crippen LogP contribution in [0.3, 0.4) is 0 Å². The summed E-state index contributed by atoms with van der Waals surface area (Å²) in [5.74, 6) is 0. The van der Waals surface area contributed by atoms with Crippen LogP contribution in [0.4, 0.5) is 0 Å². The zero-order valence-corrected chi connectivity index (χ0v) is 16.0. The van der Waals surface area contributed by atoms with Crippen LogP contribution in [0.15, 0.2) is 61.2 Å². The minimum Gasteiger partial charge on any atom is -0.366 e. The van der Waals surface area contributed by atoms with Gasteiger partial charge in [-0.2, -0.15) is 4.37 Å². The Morgan fingerprint density at radius 2 is 1.96 bits per heavy atom. The Hall–Kier alpha value is -1.92. The topological polar surface area (TPSA) is 39.9 Å². The molecular formula is C19H15Cl2N3OS. The molecule has 2 heterocycles. The normalized spacial score (nSPS) is 12.5. The van der Waals surface area contributed by atoms with Crippen molar-refractivity contribution in [3.63, 3.8) is 0 Å². The van der Waals surface area contributed by atoms with Crippen LogP contribution in [0.5, 0.6) is 0 Å². The molecule has 0 spiro atoms. The third-order valence-electron chi connectivity index (χ3n) is 4.17. The van der Waals surface area contributed by atoms with Gasteiger partial charge in [-0.15, -0.1) is 0 Å². The summed E-state index contributed by atoms with van der Waals surface area (Å²) in [5.41, 5.74) is 1.13. The lowest BCUT2D eigenvalue weighted by Crippen LogP contribution is -2.11. The Balaban J connectivity index is 1.61. The van der Waals surface area contributed by atoms with Crippen molar-refractivity contribution in [3.8, 4) is 0 Å². The Morgan fingerprint density at radius 3 is 2.73 bits per heavy atom. The van der Waals surface area contributed by atoms with Crippen LogP contribution in [-0.2, 0) is 17.9 Å². The van der Waals surface area contributed by atoms with Gasteiger partial charge in [0, 0.05) is 12.4 Å². The fraction of sp³-hybridized carbons (Fsp3) is 0.158. The Bertz CT molecular complexity index is 1010. The highest BCUT2D eigenvalue weighted by molar-refractivity contribution is 7.07. The summed E-state index contributed by atoms with van der Waals surface area (Å²) in [6, 6.07) is 14.5. The van der Waals surface area contributed by atoms with Crippen LogP contribution in [-0.4, -0.2) is 13.9 Å². The summed E-state index contributed by atoms with van der Waals surface area (Å²) in [4.78, 5) is 4.92. The van der Waals surface area contributed by atoms with Crippen molar-refractivity contribution in [1.82, 2.24) is 13.9 Å². The van der Waals surface area contributed by atoms with Gasteiger partial charge in [0.2, 0.25) is 0 Å². The van der Waals surface area contributed by atoms with E-state index in [0.717, 1.165) is 10.4 Å². The predicted octanol–water partition coefficient (Wildman–Crippen LogP) is 5.76. The van der Waals surface area contributed by atoms with Crippen molar-refractivity contribution in [2.24, 2.45) is 0 Å². The molecule has 0 radical (unpaired) electrons. The summed E-state index contributed by atoms with van der Waals surface area (Å²) in [6.45, 7) is 1.05. The maximum atomic E-state index is 6.33. The summed E-state index contributed by atoms with van der Waals surface area (Å²) in [5, 5.41) is 3.15. The minimum absolute atomic E-state index is 0.263. The zero-order chi connectivity index (χ0) is 17.9. The van der Waals surface area contributed by atoms with E-state index in [2.05, 4.69) is 33.6 Å². The minimum atomic E-state index is -0.263. The Kier molecular flexibility index (Phi) is 5.22. The first-order valence-electron chi connectivity index (χ1n) is 8.07. The molecule has 26 heavy (non-hydrogen) atoms. The highest BCUT2D eigenvalue weighted by atomic mass is 35.5. The summed E-state index contributed by atoms with van der Waals surface area (Å²) in [7, 11) is 0. The standard InChI is InChI=1S/C19H15Cl2N3OS/c20-17-18(26-23-19(17)21)16(10-24-9-8-22-12-24)25-11-14-6-3-5-13-4-1-2-7-15(13)14/h1-9,12,16H,10-11H2/t16-/m0/s1. The quantitative estimate of drug-likeness (QED) is 0.410. The number of ether oxygens (including phenoxy) is 1. The van der Waals surface area contributed by atoms with E-state index < -0.39 is 0 Å². The molecule has 0 unspecified atom stereocenters. The molecule has 2 aromatic heterocycles. The van der Waals surface area contributed by atoms with Gasteiger partial charge >= 0.3 is 0 Å². The molecule has 0 fully saturated rings. The van der Waals surface area contributed by atoms with E-state index in [0.29, 0.717) is 23.3 Å². The molecular weight excluding hydrogens is 389 g/mol. The number of imidazole rings is 1. The number of fused-ring (bicyclic) bond motifs is 1. The number of nitrogens with zero attached hydrogens (tertiary/aromatic N) is 3. The fourth-order valence-electron chi connectivity index (χ4n) is 2.88. The third kappa shape index (κ3) is 3.62. The van der Waals surface area contributed by atoms with Gasteiger partial charge in [-0.3, -0.25) is 0 Å². The second-order valence-electron chi connectivity index (χ2n) is 5.85. The smallest absolute Gasteiger partial charge is 0.161 e. The van der Waals surface area contributed by atoms with Gasteiger partial charge < -0.3 is 9.30 Å². The lowest BCUT2D eigenvalue weighted by molar-refractivity contribution is 0.0310. The molecule has 4 nitrogen and oxygen atoms in total. The molecule has 0 amide bonds. The molecule has 0 aliphatic heterocycles. The van der Waals surface area contributed by atoms with Crippen LogP contribution in [0.25, 0.3) is 10.8 Å². The van der Waals surface area contributed by atoms with Crippen LogP contribution < -0.4 is 0 Å². The molecule has 0 N–H and O–H groups in total. The van der Waals surface area contributed by atoms with Crippen LogP contribution >= 0.6 is 34.7 Å². The molecule has 4 rings (SSSR count). The fourth-order valence-corrected chi connectivity index (χ4v) is 4.16. The number of benzene rings is 2. The van der Waals surface area contributed by atoms with Gasteiger partial charge in [0.1, 0.15) is 6.10 Å². The predicted molar refractivity (Wildman–Crippen MR) is 106 cm³/mol. The highest BCUT2D eigenvalue weighted by Crippen LogP contribution is 2.36. The molecule has 0 aliphatic carbocycles. The van der Waals surface area contributed by atoms with Gasteiger partial charge in [0.15, 0.2) is 5.15 Å². The third-order valence-corrected chi connectivity index (χ3v) is 6.07. The summed E-state index contributed by atoms with van der Waals surface area (Å²) < 4.78 is 12.4. The van der Waals surface area contributed by atoms with E-state index in [1.807, 2.05) is 29.0 Å². The van der Waals surface area contributed by atoms with Crippen molar-refractivity contribution in [3.05, 3.63) is 81.8 Å². The van der Waals surface area contributed by atoms with E-state index in [1.165, 1.54) is 22.3 Å². The number of hydrogen-bond acceptors (Lipinski definition) is 4. The van der Waals surface area contributed by atoms with Crippen molar-refractivity contribution in [2.75, 3.05) is 0 Å². The molecule has 132 valence electrons. The van der Waals surface area contributed by atoms with Crippen LogP contribution in [0, 0.1) is 0 Å². The number of halogens is 2. The lowest BCUT2D eigenvalue weighted by Gasteiger charge is -2.18. The van der Waals surface area contributed by atoms with E-state index in [1.54, 1.807) is 12.5 Å². The van der Waals surface area contributed by atoms with E-state index in [-0.39, 0.29) is 6.10 Å². The van der Waals surface area contributed by atoms with Gasteiger partial charge in [-0.05, 0) is 27.9 Å². The first kappa shape index (κ1) is 17.5. The highest BCUT2D eigenvalue weighted by Gasteiger charge is 2.22. The monoisotopic (exact) mass is 403 g/mol. The van der Waals surface area contributed by atoms with Crippen molar-refractivity contribution < 1.29 is 4.74 Å². The Morgan fingerprint density at radius 1 is 1.12 bits per heavy atom. The second kappa shape index (κ2) is 7.76. The van der Waals surface area contributed by atoms with Crippen LogP contribution in [0.2, 0.25) is 10.2 Å². The molecule has 0 saturated carbocycles. The molecule has 1 atom stereocenters. The molecule has 7 heteroatoms. The molecule has 4 aromatic rings. The number of hydrogen-bond donors (Lipinski definition) is 0. The van der Waals surface area contributed by atoms with Crippen molar-refractivity contribution in [1.29, 1.82) is 0 Å². The van der Waals surface area contributed by atoms with E-state index >= 15 is 0 Å². The number of rotatable bonds is 6. The van der Waals surface area contributed by atoms with E-state index in [9.17, 15) is 0 Å². The maximum absolute atomic E-state index is 6.33. The van der Waals surface area contributed by atoms with Gasteiger partial charge in [-0.1, -0.05) is 65.7 Å². The largest absolute Gasteiger partial charge is 0.366 e. The summed E-state index contributed by atoms with van der Waals surface area (Å²) in [6.07, 6.45) is 5.12. The first-order valence-corrected chi connectivity index (χ1v) is 9.60. The molecule has 0 aliphatic rings. The maximum Gasteiger partial charge on any atom is 0.161 e. The average molecular weight is 404 g/mol. The van der Waals surface area contributed by atoms with Gasteiger partial charge in [0.05, 0.1) is 29.4 Å². The van der Waals surface area contributed by atoms with Crippen molar-refractivity contribution in [2.45, 2.75) is 19.3 Å². The first-order chi connectivity index (χ1) is 12.7. The number of aromatic nitrogens is 3. The van der Waals surface area contributed by atoms with Crippen LogP contribution in [0.1, 0.15) is 16.5 Å².